The number of thioether (sulfide) groups is 2. The van der Waals surface area contributed by atoms with Crippen molar-refractivity contribution in [2.24, 2.45) is 5.73 Å². The van der Waals surface area contributed by atoms with E-state index in [4.69, 9.17) is 10.5 Å². The molecule has 1 amide bonds. The van der Waals surface area contributed by atoms with Crippen molar-refractivity contribution in [3.63, 3.8) is 0 Å². The van der Waals surface area contributed by atoms with Gasteiger partial charge < -0.3 is 10.5 Å². The highest BCUT2D eigenvalue weighted by molar-refractivity contribution is 8.00. The van der Waals surface area contributed by atoms with E-state index in [9.17, 15) is 9.59 Å². The summed E-state index contributed by atoms with van der Waals surface area (Å²) in [5.41, 5.74) is 6.62. The molecule has 0 saturated heterocycles. The van der Waals surface area contributed by atoms with Crippen LogP contribution in [0.5, 0.6) is 5.75 Å². The zero-order chi connectivity index (χ0) is 17.3. The van der Waals surface area contributed by atoms with Gasteiger partial charge in [0, 0.05) is 11.7 Å². The molecule has 0 aliphatic carbocycles. The Labute approximate surface area is 147 Å². The molecule has 0 saturated carbocycles. The van der Waals surface area contributed by atoms with Crippen LogP contribution in [0.1, 0.15) is 12.6 Å². The Balaban J connectivity index is 2.12. The predicted molar refractivity (Wildman–Crippen MR) is 95.3 cm³/mol. The number of primary amides is 1. The van der Waals surface area contributed by atoms with Gasteiger partial charge in [-0.3, -0.25) is 14.2 Å². The van der Waals surface area contributed by atoms with Crippen molar-refractivity contribution in [3.8, 4) is 11.4 Å². The molecule has 0 radical (unpaired) electrons. The fraction of sp³-hybridized carbons (Fsp3) is 0.312. The molecular weight excluding hydrogens is 346 g/mol. The monoisotopic (exact) mass is 363 g/mol. The Hall–Kier alpha value is -1.93. The first-order valence-electron chi connectivity index (χ1n) is 7.37. The molecule has 2 N–H and O–H groups in total. The van der Waals surface area contributed by atoms with Crippen molar-refractivity contribution in [2.45, 2.75) is 28.6 Å². The van der Waals surface area contributed by atoms with E-state index < -0.39 is 5.91 Å². The zero-order valence-electron chi connectivity index (χ0n) is 13.3. The van der Waals surface area contributed by atoms with E-state index in [0.29, 0.717) is 26.7 Å². The molecule has 2 aromatic rings. The largest absolute Gasteiger partial charge is 0.497 e. The second kappa shape index (κ2) is 6.90. The second-order valence-electron chi connectivity index (χ2n) is 5.40. The standard InChI is InChI=1S/C16H17N3O3S2/c1-9-7-12-14(24-9)15(21)19(16(18-12)23-8-13(17)20)10-3-5-11(22-2)6-4-10/h3-6,9H,7-8H2,1-2H3,(H2,17,20)/t9-/m1/s1. The second-order valence-corrected chi connectivity index (χ2v) is 7.79. The Morgan fingerprint density at radius 3 is 2.79 bits per heavy atom. The maximum Gasteiger partial charge on any atom is 0.272 e. The number of aromatic nitrogens is 2. The van der Waals surface area contributed by atoms with Gasteiger partial charge in [-0.25, -0.2) is 4.98 Å². The molecule has 0 unspecified atom stereocenters. The van der Waals surface area contributed by atoms with Crippen molar-refractivity contribution in [1.82, 2.24) is 9.55 Å². The van der Waals surface area contributed by atoms with Crippen molar-refractivity contribution in [3.05, 3.63) is 40.3 Å². The summed E-state index contributed by atoms with van der Waals surface area (Å²) < 4.78 is 6.70. The van der Waals surface area contributed by atoms with Crippen molar-refractivity contribution < 1.29 is 9.53 Å². The summed E-state index contributed by atoms with van der Waals surface area (Å²) in [5, 5.41) is 0.804. The number of ether oxygens (including phenoxy) is 1. The van der Waals surface area contributed by atoms with Gasteiger partial charge in [0.25, 0.3) is 5.56 Å². The first-order chi connectivity index (χ1) is 11.5. The molecule has 0 spiro atoms. The van der Waals surface area contributed by atoms with Gasteiger partial charge in [0.15, 0.2) is 5.16 Å². The zero-order valence-corrected chi connectivity index (χ0v) is 14.9. The molecular formula is C16H17N3O3S2. The Bertz CT molecular complexity index is 834. The summed E-state index contributed by atoms with van der Waals surface area (Å²) in [6.45, 7) is 2.07. The Morgan fingerprint density at radius 1 is 1.46 bits per heavy atom. The molecule has 2 heterocycles. The van der Waals surface area contributed by atoms with E-state index in [-0.39, 0.29) is 11.3 Å². The van der Waals surface area contributed by atoms with Gasteiger partial charge in [0.2, 0.25) is 5.91 Å². The quantitative estimate of drug-likeness (QED) is 0.644. The Kier molecular flexibility index (Phi) is 4.86. The molecule has 24 heavy (non-hydrogen) atoms. The van der Waals surface area contributed by atoms with Gasteiger partial charge in [-0.05, 0) is 24.3 Å². The highest BCUT2D eigenvalue weighted by atomic mass is 32.2. The minimum Gasteiger partial charge on any atom is -0.497 e. The van der Waals surface area contributed by atoms with E-state index in [1.807, 2.05) is 0 Å². The number of rotatable bonds is 5. The van der Waals surface area contributed by atoms with Gasteiger partial charge in [0.1, 0.15) is 5.75 Å². The molecule has 6 nitrogen and oxygen atoms in total. The lowest BCUT2D eigenvalue weighted by atomic mass is 10.2. The molecule has 1 aliphatic rings. The molecule has 1 aromatic carbocycles. The number of carbonyl (C=O) groups excluding carboxylic acids is 1. The summed E-state index contributed by atoms with van der Waals surface area (Å²) >= 11 is 2.72. The molecule has 1 aromatic heterocycles. The van der Waals surface area contributed by atoms with E-state index in [1.54, 1.807) is 43.1 Å². The van der Waals surface area contributed by atoms with Gasteiger partial charge >= 0.3 is 0 Å². The number of nitrogens with zero attached hydrogens (tertiary/aromatic N) is 2. The summed E-state index contributed by atoms with van der Waals surface area (Å²) in [5.74, 6) is 0.332. The van der Waals surface area contributed by atoms with Crippen LogP contribution in [0.4, 0.5) is 0 Å². The Morgan fingerprint density at radius 2 is 2.17 bits per heavy atom. The predicted octanol–water partition coefficient (Wildman–Crippen LogP) is 1.86. The van der Waals surface area contributed by atoms with E-state index in [2.05, 4.69) is 11.9 Å². The number of carbonyl (C=O) groups is 1. The fourth-order valence-electron chi connectivity index (χ4n) is 2.49. The van der Waals surface area contributed by atoms with E-state index >= 15 is 0 Å². The highest BCUT2D eigenvalue weighted by Crippen LogP contribution is 2.34. The molecule has 1 atom stereocenters. The first kappa shape index (κ1) is 16.9. The van der Waals surface area contributed by atoms with E-state index in [1.165, 1.54) is 16.3 Å². The number of methoxy groups -OCH3 is 1. The number of hydrogen-bond donors (Lipinski definition) is 1. The number of benzene rings is 1. The van der Waals surface area contributed by atoms with Crippen LogP contribution < -0.4 is 16.0 Å². The topological polar surface area (TPSA) is 87.2 Å². The molecule has 8 heteroatoms. The highest BCUT2D eigenvalue weighted by Gasteiger charge is 2.26. The van der Waals surface area contributed by atoms with Crippen LogP contribution in [-0.4, -0.2) is 33.6 Å². The molecule has 3 rings (SSSR count). The lowest BCUT2D eigenvalue weighted by Crippen LogP contribution is -2.24. The first-order valence-corrected chi connectivity index (χ1v) is 9.24. The third-order valence-corrected chi connectivity index (χ3v) is 5.73. The van der Waals surface area contributed by atoms with Crippen LogP contribution in [-0.2, 0) is 11.2 Å². The third kappa shape index (κ3) is 3.29. The third-order valence-electron chi connectivity index (χ3n) is 3.56. The normalized spacial score (nSPS) is 16.0. The smallest absolute Gasteiger partial charge is 0.272 e. The van der Waals surface area contributed by atoms with Crippen molar-refractivity contribution >= 4 is 29.4 Å². The van der Waals surface area contributed by atoms with E-state index in [0.717, 1.165) is 12.1 Å². The van der Waals surface area contributed by atoms with Crippen molar-refractivity contribution in [2.75, 3.05) is 12.9 Å². The van der Waals surface area contributed by atoms with Crippen LogP contribution in [0.15, 0.2) is 39.1 Å². The van der Waals surface area contributed by atoms with Gasteiger partial charge in [-0.2, -0.15) is 0 Å². The summed E-state index contributed by atoms with van der Waals surface area (Å²) in [7, 11) is 1.59. The van der Waals surface area contributed by atoms with Crippen molar-refractivity contribution in [1.29, 1.82) is 0 Å². The molecule has 0 fully saturated rings. The number of nitrogens with two attached hydrogens (primary N) is 1. The minimum absolute atomic E-state index is 0.0735. The average molecular weight is 363 g/mol. The molecule has 0 bridgehead atoms. The summed E-state index contributed by atoms with van der Waals surface area (Å²) in [4.78, 5) is 29.4. The number of amides is 1. The van der Waals surface area contributed by atoms with Gasteiger partial charge in [0.05, 0.1) is 29.1 Å². The van der Waals surface area contributed by atoms with Crippen LogP contribution in [0, 0.1) is 0 Å². The average Bonchev–Trinajstić information content (AvgIpc) is 2.94. The molecule has 126 valence electrons. The summed E-state index contributed by atoms with van der Waals surface area (Å²) in [6.07, 6.45) is 0.753. The SMILES string of the molecule is COc1ccc(-n2c(SCC(N)=O)nc3c(c2=O)S[C@H](C)C3)cc1. The van der Waals surface area contributed by atoms with Crippen LogP contribution in [0.2, 0.25) is 0 Å². The number of fused-ring (bicyclic) bond motifs is 1. The van der Waals surface area contributed by atoms with Crippen LogP contribution >= 0.6 is 23.5 Å². The fourth-order valence-corrected chi connectivity index (χ4v) is 4.36. The lowest BCUT2D eigenvalue weighted by Gasteiger charge is -2.13. The summed E-state index contributed by atoms with van der Waals surface area (Å²) in [6, 6.07) is 7.16. The molecule has 1 aliphatic heterocycles. The van der Waals surface area contributed by atoms with Gasteiger partial charge in [-0.15, -0.1) is 11.8 Å². The lowest BCUT2D eigenvalue weighted by molar-refractivity contribution is -0.115. The minimum atomic E-state index is -0.446. The van der Waals surface area contributed by atoms with Crippen LogP contribution in [0.3, 0.4) is 0 Å². The maximum absolute atomic E-state index is 13.0. The van der Waals surface area contributed by atoms with Gasteiger partial charge in [-0.1, -0.05) is 18.7 Å². The van der Waals surface area contributed by atoms with Crippen LogP contribution in [0.25, 0.3) is 5.69 Å². The number of hydrogen-bond acceptors (Lipinski definition) is 6. The maximum atomic E-state index is 13.0.